The Morgan fingerprint density at radius 1 is 0.264 bits per heavy atom. The van der Waals surface area contributed by atoms with Crippen molar-refractivity contribution in [3.05, 3.63) is 154 Å². The van der Waals surface area contributed by atoms with Crippen LogP contribution in [0.3, 0.4) is 0 Å². The highest BCUT2D eigenvalue weighted by Crippen LogP contribution is 2.39. The molecule has 14 heteroatoms. The Morgan fingerprint density at radius 2 is 0.500 bits per heavy atom. The van der Waals surface area contributed by atoms with E-state index in [1.165, 1.54) is 0 Å². The number of hydrogen-bond donors (Lipinski definition) is 2. The van der Waals surface area contributed by atoms with Gasteiger partial charge in [-0.3, -0.25) is 0 Å². The highest BCUT2D eigenvalue weighted by Gasteiger charge is 2.22. The molecule has 0 spiro atoms. The van der Waals surface area contributed by atoms with Crippen molar-refractivity contribution in [3.63, 3.8) is 0 Å². The fourth-order valence-corrected chi connectivity index (χ4v) is 9.08. The van der Waals surface area contributed by atoms with E-state index < -0.39 is 0 Å². The Hall–Kier alpha value is -6.84. The lowest BCUT2D eigenvalue weighted by molar-refractivity contribution is 0.0695. The van der Waals surface area contributed by atoms with E-state index in [2.05, 4.69) is 83.4 Å². The molecule has 6 aromatic rings. The van der Waals surface area contributed by atoms with E-state index in [9.17, 15) is 0 Å². The summed E-state index contributed by atoms with van der Waals surface area (Å²) in [6, 6.07) is 37.1. The van der Waals surface area contributed by atoms with Gasteiger partial charge in [-0.2, -0.15) is 0 Å². The van der Waals surface area contributed by atoms with Gasteiger partial charge >= 0.3 is 0 Å². The second-order valence-electron chi connectivity index (χ2n) is 17.4. The number of fused-ring (bicyclic) bond motifs is 24. The van der Waals surface area contributed by atoms with Gasteiger partial charge in [0.15, 0.2) is 23.0 Å². The van der Waals surface area contributed by atoms with Gasteiger partial charge in [-0.15, -0.1) is 0 Å². The molecule has 0 fully saturated rings. The van der Waals surface area contributed by atoms with Crippen LogP contribution in [0.25, 0.3) is 0 Å². The van der Waals surface area contributed by atoms with Crippen molar-refractivity contribution in [2.45, 2.75) is 25.7 Å². The zero-order valence-corrected chi connectivity index (χ0v) is 41.4. The fraction of sp³-hybridized carbons (Fsp3) is 0.379. The number of rotatable bonds is 2. The van der Waals surface area contributed by atoms with Crippen LogP contribution in [-0.2, 0) is 44.6 Å². The van der Waals surface area contributed by atoms with Gasteiger partial charge in [-0.05, 0) is 68.8 Å². The Balaban J connectivity index is 1.09. The van der Waals surface area contributed by atoms with Crippen LogP contribution in [0.15, 0.2) is 109 Å². The summed E-state index contributed by atoms with van der Waals surface area (Å²) in [5, 5.41) is 6.36. The third-order valence-electron chi connectivity index (χ3n) is 12.5. The average molecular weight is 983 g/mol. The molecule has 6 aromatic carbocycles. The number of para-hydroxylation sites is 4. The standard InChI is InChI=1S/C58H66N2O12/c1-59-49-15-17-51-53(39-49)67-29-21-63-25-33-71-57-45-11-5-13-47(57)38-48-14-6-12-46-37-43-9-3-7-41(55(43)69-31-23-61-19-27-65-51)35-42-8-4-10-44(36-45)56(42)70-32-24-62-20-28-66-52-18-16-50(60-2)40-54(52)68-30-22-64-26-34-72-58(46)48/h3-18,39-40,59-60H,19-38H2,1-2H3. The van der Waals surface area contributed by atoms with Gasteiger partial charge < -0.3 is 67.5 Å². The number of hydrogen-bond acceptors (Lipinski definition) is 14. The molecule has 12 bridgehead atoms. The predicted octanol–water partition coefficient (Wildman–Crippen LogP) is 8.97. The first-order valence-electron chi connectivity index (χ1n) is 25.0. The van der Waals surface area contributed by atoms with Crippen molar-refractivity contribution >= 4 is 11.4 Å². The minimum absolute atomic E-state index is 0.321. The summed E-state index contributed by atoms with van der Waals surface area (Å²) in [5.41, 5.74) is 10.00. The SMILES string of the molecule is CNc1ccc2c(c1)OCCOCCOc1c3cccc1Cc1cccc4c1OCCOCCOc1cc(NC)ccc1OCCOCCOc1c(cccc1C3)Cc1cccc(c1OCCOCCO2)C4. The largest absolute Gasteiger partial charge is 0.491 e. The van der Waals surface area contributed by atoms with Gasteiger partial charge in [0.1, 0.15) is 75.9 Å². The maximum absolute atomic E-state index is 6.82. The minimum Gasteiger partial charge on any atom is -0.491 e. The molecule has 11 rings (SSSR count). The molecule has 0 aromatic heterocycles. The lowest BCUT2D eigenvalue weighted by Gasteiger charge is -2.23. The maximum atomic E-state index is 6.82. The molecular formula is C58H66N2O12. The topological polar surface area (TPSA) is 135 Å². The Morgan fingerprint density at radius 3 is 0.750 bits per heavy atom. The summed E-state index contributed by atoms with van der Waals surface area (Å²) in [6.07, 6.45) is 2.18. The van der Waals surface area contributed by atoms with E-state index in [4.69, 9.17) is 56.8 Å². The second-order valence-corrected chi connectivity index (χ2v) is 17.4. The molecule has 0 atom stereocenters. The molecule has 5 aliphatic rings. The minimum atomic E-state index is 0.321. The monoisotopic (exact) mass is 982 g/mol. The van der Waals surface area contributed by atoms with Crippen molar-refractivity contribution in [3.8, 4) is 46.0 Å². The Labute approximate surface area is 422 Å². The van der Waals surface area contributed by atoms with Crippen molar-refractivity contribution < 1.29 is 56.8 Å². The summed E-state index contributed by atoms with van der Waals surface area (Å²) in [7, 11) is 3.75. The van der Waals surface area contributed by atoms with Crippen molar-refractivity contribution in [2.75, 3.05) is 130 Å². The molecule has 0 amide bonds. The van der Waals surface area contributed by atoms with Crippen LogP contribution in [-0.4, -0.2) is 120 Å². The lowest BCUT2D eigenvalue weighted by atomic mass is 9.91. The van der Waals surface area contributed by atoms with Crippen LogP contribution in [0.2, 0.25) is 0 Å². The molecule has 0 saturated heterocycles. The molecule has 0 radical (unpaired) electrons. The van der Waals surface area contributed by atoms with Crippen LogP contribution < -0.4 is 48.5 Å². The van der Waals surface area contributed by atoms with Gasteiger partial charge in [0.2, 0.25) is 0 Å². The second kappa shape index (κ2) is 26.0. The molecule has 72 heavy (non-hydrogen) atoms. The predicted molar refractivity (Wildman–Crippen MR) is 276 cm³/mol. The molecule has 4 aliphatic heterocycles. The average Bonchev–Trinajstić information content (AvgIpc) is 3.39. The lowest BCUT2D eigenvalue weighted by Crippen LogP contribution is -2.15. The van der Waals surface area contributed by atoms with Gasteiger partial charge in [0.05, 0.1) is 52.9 Å². The molecule has 380 valence electrons. The van der Waals surface area contributed by atoms with Gasteiger partial charge in [0, 0.05) is 63.3 Å². The van der Waals surface area contributed by atoms with Gasteiger partial charge in [0.25, 0.3) is 0 Å². The molecule has 0 saturated carbocycles. The number of benzene rings is 6. The number of ether oxygens (including phenoxy) is 12. The van der Waals surface area contributed by atoms with E-state index in [0.29, 0.717) is 154 Å². The fourth-order valence-electron chi connectivity index (χ4n) is 9.08. The molecule has 1 aliphatic carbocycles. The van der Waals surface area contributed by atoms with Crippen molar-refractivity contribution in [1.82, 2.24) is 0 Å². The Bertz CT molecular complexity index is 2510. The third-order valence-corrected chi connectivity index (χ3v) is 12.5. The van der Waals surface area contributed by atoms with Crippen LogP contribution in [0, 0.1) is 0 Å². The highest BCUT2D eigenvalue weighted by molar-refractivity contribution is 5.58. The first kappa shape index (κ1) is 50.1. The van der Waals surface area contributed by atoms with Crippen LogP contribution in [0.5, 0.6) is 46.0 Å². The molecule has 0 unspecified atom stereocenters. The first-order valence-corrected chi connectivity index (χ1v) is 25.0. The van der Waals surface area contributed by atoms with Crippen LogP contribution in [0.4, 0.5) is 11.4 Å². The molecule has 2 N–H and O–H groups in total. The zero-order valence-electron chi connectivity index (χ0n) is 41.4. The normalized spacial score (nSPS) is 16.6. The first-order chi connectivity index (χ1) is 35.6. The van der Waals surface area contributed by atoms with E-state index in [1.54, 1.807) is 0 Å². The summed E-state index contributed by atoms with van der Waals surface area (Å²) in [6.45, 7) is 5.43. The van der Waals surface area contributed by atoms with Crippen molar-refractivity contribution in [1.29, 1.82) is 0 Å². The quantitative estimate of drug-likeness (QED) is 0.160. The summed E-state index contributed by atoms with van der Waals surface area (Å²) >= 11 is 0. The molecular weight excluding hydrogens is 917 g/mol. The highest BCUT2D eigenvalue weighted by atomic mass is 16.6. The van der Waals surface area contributed by atoms with E-state index >= 15 is 0 Å². The van der Waals surface area contributed by atoms with E-state index in [0.717, 1.165) is 78.9 Å². The smallest absolute Gasteiger partial charge is 0.163 e. The number of nitrogens with one attached hydrogen (secondary N) is 2. The molecule has 4 heterocycles. The molecule has 14 nitrogen and oxygen atoms in total. The van der Waals surface area contributed by atoms with E-state index in [1.807, 2.05) is 50.5 Å². The van der Waals surface area contributed by atoms with Gasteiger partial charge in [-0.1, -0.05) is 72.8 Å². The summed E-state index contributed by atoms with van der Waals surface area (Å²) in [4.78, 5) is 0. The summed E-state index contributed by atoms with van der Waals surface area (Å²) in [5.74, 6) is 5.71. The van der Waals surface area contributed by atoms with Crippen molar-refractivity contribution in [2.24, 2.45) is 0 Å². The zero-order chi connectivity index (χ0) is 49.2. The Kier molecular flexibility index (Phi) is 18.1. The van der Waals surface area contributed by atoms with Crippen LogP contribution in [0.1, 0.15) is 44.5 Å². The van der Waals surface area contributed by atoms with E-state index in [-0.39, 0.29) is 0 Å². The maximum Gasteiger partial charge on any atom is 0.163 e. The number of anilines is 2. The van der Waals surface area contributed by atoms with Crippen LogP contribution >= 0.6 is 0 Å². The third kappa shape index (κ3) is 13.4. The van der Waals surface area contributed by atoms with Gasteiger partial charge in [-0.25, -0.2) is 0 Å². The summed E-state index contributed by atoms with van der Waals surface area (Å²) < 4.78 is 76.5.